The first-order valence-electron chi connectivity index (χ1n) is 5.85. The zero-order valence-corrected chi connectivity index (χ0v) is 10.5. The van der Waals surface area contributed by atoms with E-state index in [9.17, 15) is 0 Å². The molecule has 4 nitrogen and oxygen atoms in total. The SMILES string of the molecule is Cc1ccccc1-c1ncc(OCC(C)O)cn1. The van der Waals surface area contributed by atoms with Gasteiger partial charge in [0.15, 0.2) is 11.6 Å². The predicted molar refractivity (Wildman–Crippen MR) is 69.4 cm³/mol. The number of aliphatic hydroxyl groups is 1. The van der Waals surface area contributed by atoms with Gasteiger partial charge >= 0.3 is 0 Å². The summed E-state index contributed by atoms with van der Waals surface area (Å²) < 4.78 is 5.31. The fraction of sp³-hybridized carbons (Fsp3) is 0.286. The van der Waals surface area contributed by atoms with Crippen LogP contribution in [0.3, 0.4) is 0 Å². The lowest BCUT2D eigenvalue weighted by Crippen LogP contribution is -2.13. The molecule has 0 saturated heterocycles. The minimum Gasteiger partial charge on any atom is -0.488 e. The van der Waals surface area contributed by atoms with Crippen LogP contribution in [0.1, 0.15) is 12.5 Å². The highest BCUT2D eigenvalue weighted by molar-refractivity contribution is 5.59. The molecule has 0 aliphatic rings. The summed E-state index contributed by atoms with van der Waals surface area (Å²) in [5.41, 5.74) is 2.15. The number of aryl methyl sites for hydroxylation is 1. The van der Waals surface area contributed by atoms with Crippen LogP contribution in [0, 0.1) is 6.92 Å². The normalized spacial score (nSPS) is 12.2. The number of rotatable bonds is 4. The molecule has 1 heterocycles. The summed E-state index contributed by atoms with van der Waals surface area (Å²) >= 11 is 0. The molecule has 0 spiro atoms. The molecular weight excluding hydrogens is 228 g/mol. The Labute approximate surface area is 106 Å². The predicted octanol–water partition coefficient (Wildman–Crippen LogP) is 2.21. The fourth-order valence-electron chi connectivity index (χ4n) is 1.57. The van der Waals surface area contributed by atoms with Crippen molar-refractivity contribution in [2.24, 2.45) is 0 Å². The summed E-state index contributed by atoms with van der Waals surface area (Å²) in [7, 11) is 0. The number of ether oxygens (including phenoxy) is 1. The molecule has 18 heavy (non-hydrogen) atoms. The highest BCUT2D eigenvalue weighted by atomic mass is 16.5. The van der Waals surface area contributed by atoms with E-state index in [0.29, 0.717) is 11.6 Å². The average Bonchev–Trinajstić information content (AvgIpc) is 2.38. The number of hydrogen-bond acceptors (Lipinski definition) is 4. The lowest BCUT2D eigenvalue weighted by Gasteiger charge is -2.08. The topological polar surface area (TPSA) is 55.2 Å². The van der Waals surface area contributed by atoms with Crippen molar-refractivity contribution in [1.29, 1.82) is 0 Å². The van der Waals surface area contributed by atoms with Crippen LogP contribution in [0.2, 0.25) is 0 Å². The van der Waals surface area contributed by atoms with E-state index >= 15 is 0 Å². The Morgan fingerprint density at radius 2 is 1.89 bits per heavy atom. The van der Waals surface area contributed by atoms with Crippen LogP contribution in [-0.4, -0.2) is 27.8 Å². The van der Waals surface area contributed by atoms with Gasteiger partial charge in [0.1, 0.15) is 6.61 Å². The second-order valence-electron chi connectivity index (χ2n) is 4.22. The summed E-state index contributed by atoms with van der Waals surface area (Å²) in [6, 6.07) is 7.96. The Hall–Kier alpha value is -1.94. The molecule has 1 aromatic carbocycles. The molecule has 2 rings (SSSR count). The van der Waals surface area contributed by atoms with Gasteiger partial charge in [-0.15, -0.1) is 0 Å². The molecule has 0 aliphatic heterocycles. The number of aromatic nitrogens is 2. The van der Waals surface area contributed by atoms with E-state index in [2.05, 4.69) is 9.97 Å². The van der Waals surface area contributed by atoms with Gasteiger partial charge in [0.2, 0.25) is 0 Å². The Bertz CT molecular complexity index is 509. The molecule has 4 heteroatoms. The van der Waals surface area contributed by atoms with Gasteiger partial charge < -0.3 is 9.84 Å². The minimum absolute atomic E-state index is 0.243. The van der Waals surface area contributed by atoms with Crippen LogP contribution in [0.25, 0.3) is 11.4 Å². The third-order valence-corrected chi connectivity index (χ3v) is 2.51. The minimum atomic E-state index is -0.499. The summed E-state index contributed by atoms with van der Waals surface area (Å²) in [5.74, 6) is 1.24. The Kier molecular flexibility index (Phi) is 3.89. The highest BCUT2D eigenvalue weighted by Gasteiger charge is 2.05. The standard InChI is InChI=1S/C14H16N2O2/c1-10-5-3-4-6-13(10)14-15-7-12(8-16-14)18-9-11(2)17/h3-8,11,17H,9H2,1-2H3. The number of nitrogens with zero attached hydrogens (tertiary/aromatic N) is 2. The zero-order valence-electron chi connectivity index (χ0n) is 10.5. The first kappa shape index (κ1) is 12.5. The van der Waals surface area contributed by atoms with Crippen LogP contribution < -0.4 is 4.74 Å². The fourth-order valence-corrected chi connectivity index (χ4v) is 1.57. The monoisotopic (exact) mass is 244 g/mol. The van der Waals surface area contributed by atoms with E-state index in [1.165, 1.54) is 0 Å². The highest BCUT2D eigenvalue weighted by Crippen LogP contribution is 2.20. The van der Waals surface area contributed by atoms with E-state index in [4.69, 9.17) is 9.84 Å². The molecule has 0 amide bonds. The maximum atomic E-state index is 9.12. The first-order chi connectivity index (χ1) is 8.66. The van der Waals surface area contributed by atoms with E-state index < -0.39 is 6.10 Å². The van der Waals surface area contributed by atoms with Gasteiger partial charge in [0.05, 0.1) is 18.5 Å². The molecule has 0 fully saturated rings. The van der Waals surface area contributed by atoms with Gasteiger partial charge in [-0.2, -0.15) is 0 Å². The van der Waals surface area contributed by atoms with Gasteiger partial charge in [0.25, 0.3) is 0 Å². The molecular formula is C14H16N2O2. The second-order valence-corrected chi connectivity index (χ2v) is 4.22. The van der Waals surface area contributed by atoms with E-state index in [1.807, 2.05) is 31.2 Å². The summed E-state index contributed by atoms with van der Waals surface area (Å²) in [5, 5.41) is 9.12. The largest absolute Gasteiger partial charge is 0.488 e. The average molecular weight is 244 g/mol. The van der Waals surface area contributed by atoms with Gasteiger partial charge in [-0.3, -0.25) is 0 Å². The van der Waals surface area contributed by atoms with Gasteiger partial charge in [-0.05, 0) is 19.4 Å². The zero-order chi connectivity index (χ0) is 13.0. The van der Waals surface area contributed by atoms with Crippen LogP contribution >= 0.6 is 0 Å². The smallest absolute Gasteiger partial charge is 0.159 e. The van der Waals surface area contributed by atoms with E-state index in [-0.39, 0.29) is 6.61 Å². The van der Waals surface area contributed by atoms with Crippen molar-refractivity contribution in [2.75, 3.05) is 6.61 Å². The quantitative estimate of drug-likeness (QED) is 0.896. The van der Waals surface area contributed by atoms with Crippen molar-refractivity contribution in [3.8, 4) is 17.1 Å². The maximum Gasteiger partial charge on any atom is 0.159 e. The third kappa shape index (κ3) is 3.05. The molecule has 94 valence electrons. The molecule has 1 N–H and O–H groups in total. The molecule has 0 bridgehead atoms. The summed E-state index contributed by atoms with van der Waals surface area (Å²) in [4.78, 5) is 8.54. The van der Waals surface area contributed by atoms with Crippen LogP contribution in [0.5, 0.6) is 5.75 Å². The van der Waals surface area contributed by atoms with Crippen molar-refractivity contribution in [3.63, 3.8) is 0 Å². The summed E-state index contributed by atoms with van der Waals surface area (Å²) in [6.07, 6.45) is 2.75. The number of benzene rings is 1. The Morgan fingerprint density at radius 3 is 2.50 bits per heavy atom. The van der Waals surface area contributed by atoms with Crippen molar-refractivity contribution in [1.82, 2.24) is 9.97 Å². The number of hydrogen-bond donors (Lipinski definition) is 1. The molecule has 0 saturated carbocycles. The van der Waals surface area contributed by atoms with Crippen LogP contribution in [-0.2, 0) is 0 Å². The van der Waals surface area contributed by atoms with E-state index in [1.54, 1.807) is 19.3 Å². The van der Waals surface area contributed by atoms with Crippen LogP contribution in [0.4, 0.5) is 0 Å². The molecule has 0 aliphatic carbocycles. The molecule has 1 aromatic heterocycles. The number of aliphatic hydroxyl groups excluding tert-OH is 1. The van der Waals surface area contributed by atoms with Gasteiger partial charge in [-0.1, -0.05) is 24.3 Å². The lowest BCUT2D eigenvalue weighted by molar-refractivity contribution is 0.122. The van der Waals surface area contributed by atoms with Crippen molar-refractivity contribution < 1.29 is 9.84 Å². The van der Waals surface area contributed by atoms with Crippen LogP contribution in [0.15, 0.2) is 36.7 Å². The van der Waals surface area contributed by atoms with Gasteiger partial charge in [0, 0.05) is 5.56 Å². The second kappa shape index (κ2) is 5.60. The van der Waals surface area contributed by atoms with Crippen molar-refractivity contribution in [3.05, 3.63) is 42.2 Å². The Morgan fingerprint density at radius 1 is 1.22 bits per heavy atom. The summed E-state index contributed by atoms with van der Waals surface area (Å²) in [6.45, 7) is 3.94. The van der Waals surface area contributed by atoms with Crippen molar-refractivity contribution in [2.45, 2.75) is 20.0 Å². The van der Waals surface area contributed by atoms with E-state index in [0.717, 1.165) is 11.1 Å². The maximum absolute atomic E-state index is 9.12. The third-order valence-electron chi connectivity index (χ3n) is 2.51. The molecule has 2 aromatic rings. The lowest BCUT2D eigenvalue weighted by atomic mass is 10.1. The first-order valence-corrected chi connectivity index (χ1v) is 5.85. The van der Waals surface area contributed by atoms with Crippen molar-refractivity contribution >= 4 is 0 Å². The molecule has 1 unspecified atom stereocenters. The Balaban J connectivity index is 2.15. The molecule has 1 atom stereocenters. The van der Waals surface area contributed by atoms with Gasteiger partial charge in [-0.25, -0.2) is 9.97 Å². The molecule has 0 radical (unpaired) electrons.